The molecule has 0 spiro atoms. The van der Waals surface area contributed by atoms with Crippen LogP contribution in [0.1, 0.15) is 21.1 Å². The van der Waals surface area contributed by atoms with Gasteiger partial charge in [0.2, 0.25) is 0 Å². The van der Waals surface area contributed by atoms with E-state index in [1.54, 1.807) is 0 Å². The van der Waals surface area contributed by atoms with E-state index in [-0.39, 0.29) is 5.91 Å². The molecule has 2 aromatic rings. The van der Waals surface area contributed by atoms with Gasteiger partial charge in [-0.15, -0.1) is 11.3 Å². The largest absolute Gasteiger partial charge is 0.373 e. The average molecular weight is 316 g/mol. The monoisotopic (exact) mass is 316 g/mol. The van der Waals surface area contributed by atoms with Crippen LogP contribution in [-0.4, -0.2) is 42.5 Å². The molecule has 0 fully saturated rings. The summed E-state index contributed by atoms with van der Waals surface area (Å²) in [4.78, 5) is 21.2. The number of para-hydroxylation sites is 1. The maximum atomic E-state index is 12.7. The number of carbonyl (C=O) groups is 1. The van der Waals surface area contributed by atoms with Gasteiger partial charge < -0.3 is 15.5 Å². The molecule has 1 aliphatic heterocycles. The van der Waals surface area contributed by atoms with Gasteiger partial charge in [-0.2, -0.15) is 0 Å². The van der Waals surface area contributed by atoms with Gasteiger partial charge in [0.15, 0.2) is 0 Å². The second-order valence-corrected chi connectivity index (χ2v) is 6.38. The molecule has 6 heteroatoms. The number of fused-ring (bicyclic) bond motifs is 1. The van der Waals surface area contributed by atoms with Crippen LogP contribution in [0, 0.1) is 0 Å². The lowest BCUT2D eigenvalue weighted by atomic mass is 10.1. The normalized spacial score (nSPS) is 14.6. The van der Waals surface area contributed by atoms with Gasteiger partial charge in [-0.3, -0.25) is 4.79 Å². The topological polar surface area (TPSA) is 62.5 Å². The summed E-state index contributed by atoms with van der Waals surface area (Å²) in [5.74, 6) is 0.00428. The number of benzene rings is 1. The Hall–Kier alpha value is -1.92. The molecule has 1 aliphatic rings. The molecule has 2 heterocycles. The maximum absolute atomic E-state index is 12.7. The van der Waals surface area contributed by atoms with E-state index in [1.165, 1.54) is 22.6 Å². The Morgan fingerprint density at radius 1 is 1.36 bits per heavy atom. The van der Waals surface area contributed by atoms with E-state index in [9.17, 15) is 4.79 Å². The number of nitrogens with two attached hydrogens (primary N) is 1. The summed E-state index contributed by atoms with van der Waals surface area (Å²) in [6, 6.07) is 8.24. The number of carbonyl (C=O) groups excluding carboxylic acids is 1. The van der Waals surface area contributed by atoms with Crippen molar-refractivity contribution < 1.29 is 4.79 Å². The van der Waals surface area contributed by atoms with Crippen LogP contribution in [0.4, 0.5) is 5.69 Å². The summed E-state index contributed by atoms with van der Waals surface area (Å²) in [5.41, 5.74) is 8.45. The first-order chi connectivity index (χ1) is 10.7. The van der Waals surface area contributed by atoms with E-state index in [4.69, 9.17) is 5.73 Å². The lowest BCUT2D eigenvalue weighted by Crippen LogP contribution is -2.34. The van der Waals surface area contributed by atoms with Crippen molar-refractivity contribution >= 4 is 22.9 Å². The first-order valence-electron chi connectivity index (χ1n) is 7.42. The minimum absolute atomic E-state index is 0.00428. The summed E-state index contributed by atoms with van der Waals surface area (Å²) in [7, 11) is 2.06. The third kappa shape index (κ3) is 2.98. The summed E-state index contributed by atoms with van der Waals surface area (Å²) in [6.07, 6.45) is 0.726. The number of rotatable bonds is 3. The van der Waals surface area contributed by atoms with E-state index in [1.807, 2.05) is 22.4 Å². The number of hydrogen-bond donors (Lipinski definition) is 1. The lowest BCUT2D eigenvalue weighted by molar-refractivity contribution is 0.0746. The quantitative estimate of drug-likeness (QED) is 0.937. The molecule has 0 aliphatic carbocycles. The van der Waals surface area contributed by atoms with Crippen molar-refractivity contribution in [1.29, 1.82) is 0 Å². The van der Waals surface area contributed by atoms with Crippen molar-refractivity contribution in [2.45, 2.75) is 13.0 Å². The standard InChI is InChI=1S/C16H20N4OS/c1-19-8-9-20(10-12-4-2-3-5-14(12)19)16(21)13-11-22-15(18-13)6-7-17/h2-5,11H,6-10,17H2,1H3. The summed E-state index contributed by atoms with van der Waals surface area (Å²) >= 11 is 1.51. The first kappa shape index (κ1) is 15.0. The predicted molar refractivity (Wildman–Crippen MR) is 89.3 cm³/mol. The Morgan fingerprint density at radius 3 is 3.00 bits per heavy atom. The molecule has 22 heavy (non-hydrogen) atoms. The molecule has 3 rings (SSSR count). The number of thiazole rings is 1. The molecule has 116 valence electrons. The Labute approximate surface area is 134 Å². The minimum Gasteiger partial charge on any atom is -0.373 e. The summed E-state index contributed by atoms with van der Waals surface area (Å²) in [5, 5.41) is 2.77. The van der Waals surface area contributed by atoms with Gasteiger partial charge in [0.1, 0.15) is 5.69 Å². The van der Waals surface area contributed by atoms with Gasteiger partial charge in [0.05, 0.1) is 5.01 Å². The molecule has 5 nitrogen and oxygen atoms in total. The SMILES string of the molecule is CN1CCN(C(=O)c2csc(CCN)n2)Cc2ccccc21. The first-order valence-corrected chi connectivity index (χ1v) is 8.30. The molecule has 1 amide bonds. The fourth-order valence-electron chi connectivity index (χ4n) is 2.68. The van der Waals surface area contributed by atoms with Crippen LogP contribution in [0.5, 0.6) is 0 Å². The second kappa shape index (κ2) is 6.46. The smallest absolute Gasteiger partial charge is 0.273 e. The van der Waals surface area contributed by atoms with Crippen molar-refractivity contribution in [3.63, 3.8) is 0 Å². The predicted octanol–water partition coefficient (Wildman–Crippen LogP) is 1.74. The van der Waals surface area contributed by atoms with E-state index in [2.05, 4.69) is 29.1 Å². The van der Waals surface area contributed by atoms with Crippen molar-refractivity contribution in [3.05, 3.63) is 45.9 Å². The third-order valence-electron chi connectivity index (χ3n) is 3.89. The van der Waals surface area contributed by atoms with Crippen LogP contribution >= 0.6 is 11.3 Å². The number of likely N-dealkylation sites (N-methyl/N-ethyl adjacent to an activating group) is 1. The fourth-order valence-corrected chi connectivity index (χ4v) is 3.46. The van der Waals surface area contributed by atoms with Crippen LogP contribution < -0.4 is 10.6 Å². The van der Waals surface area contributed by atoms with Gasteiger partial charge in [0, 0.05) is 44.2 Å². The highest BCUT2D eigenvalue weighted by Crippen LogP contribution is 2.24. The molecular formula is C16H20N4OS. The molecule has 1 aromatic carbocycles. The molecule has 0 bridgehead atoms. The fraction of sp³-hybridized carbons (Fsp3) is 0.375. The van der Waals surface area contributed by atoms with Crippen LogP contribution in [0.2, 0.25) is 0 Å². The minimum atomic E-state index is 0.00428. The maximum Gasteiger partial charge on any atom is 0.273 e. The summed E-state index contributed by atoms with van der Waals surface area (Å²) < 4.78 is 0. The van der Waals surface area contributed by atoms with E-state index < -0.39 is 0 Å². The van der Waals surface area contributed by atoms with Crippen LogP contribution in [0.25, 0.3) is 0 Å². The van der Waals surface area contributed by atoms with E-state index >= 15 is 0 Å². The average Bonchev–Trinajstić information content (AvgIpc) is 2.92. The van der Waals surface area contributed by atoms with E-state index in [0.717, 1.165) is 18.0 Å². The van der Waals surface area contributed by atoms with Crippen molar-refractivity contribution in [2.75, 3.05) is 31.6 Å². The Balaban J connectivity index is 1.81. The Kier molecular flexibility index (Phi) is 4.40. The van der Waals surface area contributed by atoms with Crippen molar-refractivity contribution in [3.8, 4) is 0 Å². The number of nitrogens with zero attached hydrogens (tertiary/aromatic N) is 3. The number of anilines is 1. The van der Waals surface area contributed by atoms with Gasteiger partial charge in [-0.1, -0.05) is 18.2 Å². The van der Waals surface area contributed by atoms with Crippen molar-refractivity contribution in [1.82, 2.24) is 9.88 Å². The zero-order chi connectivity index (χ0) is 15.5. The van der Waals surface area contributed by atoms with Crippen molar-refractivity contribution in [2.24, 2.45) is 5.73 Å². The molecule has 0 saturated carbocycles. The molecule has 0 radical (unpaired) electrons. The highest BCUT2D eigenvalue weighted by Gasteiger charge is 2.23. The Bertz CT molecular complexity index is 670. The molecule has 2 N–H and O–H groups in total. The molecule has 0 unspecified atom stereocenters. The molecular weight excluding hydrogens is 296 g/mol. The molecule has 1 aromatic heterocycles. The lowest BCUT2D eigenvalue weighted by Gasteiger charge is -2.20. The summed E-state index contributed by atoms with van der Waals surface area (Å²) in [6.45, 7) is 2.71. The van der Waals surface area contributed by atoms with Crippen LogP contribution in [-0.2, 0) is 13.0 Å². The highest BCUT2D eigenvalue weighted by molar-refractivity contribution is 7.09. The van der Waals surface area contributed by atoms with Crippen LogP contribution in [0.15, 0.2) is 29.6 Å². The Morgan fingerprint density at radius 2 is 2.18 bits per heavy atom. The zero-order valence-corrected chi connectivity index (χ0v) is 13.5. The van der Waals surface area contributed by atoms with Crippen LogP contribution in [0.3, 0.4) is 0 Å². The third-order valence-corrected chi connectivity index (χ3v) is 4.79. The van der Waals surface area contributed by atoms with Gasteiger partial charge >= 0.3 is 0 Å². The number of hydrogen-bond acceptors (Lipinski definition) is 5. The molecule has 0 atom stereocenters. The van der Waals surface area contributed by atoms with Gasteiger partial charge in [-0.05, 0) is 18.2 Å². The zero-order valence-electron chi connectivity index (χ0n) is 12.7. The van der Waals surface area contributed by atoms with Gasteiger partial charge in [0.25, 0.3) is 5.91 Å². The van der Waals surface area contributed by atoms with Gasteiger partial charge in [-0.25, -0.2) is 4.98 Å². The number of aromatic nitrogens is 1. The van der Waals surface area contributed by atoms with E-state index in [0.29, 0.717) is 25.3 Å². The second-order valence-electron chi connectivity index (χ2n) is 5.44. The molecule has 0 saturated heterocycles. The highest BCUT2D eigenvalue weighted by atomic mass is 32.1. The number of amides is 1.